The average Bonchev–Trinajstić information content (AvgIpc) is 2.71. The van der Waals surface area contributed by atoms with Crippen molar-refractivity contribution in [1.82, 2.24) is 0 Å². The maximum absolute atomic E-state index is 11.9. The Labute approximate surface area is 172 Å². The van der Waals surface area contributed by atoms with Crippen LogP contribution in [0.1, 0.15) is 96.8 Å². The number of unbranched alkanes of at least 4 members (excludes halogenated alkanes) is 11. The fourth-order valence-corrected chi connectivity index (χ4v) is 3.22. The number of allylic oxidation sites excluding steroid dienone is 2. The first-order chi connectivity index (χ1) is 13.8. The molecule has 0 atom stereocenters. The zero-order valence-corrected chi connectivity index (χ0v) is 18.1. The summed E-state index contributed by atoms with van der Waals surface area (Å²) in [4.78, 5) is 11.9. The lowest BCUT2D eigenvalue weighted by Crippen LogP contribution is -2.08. The Morgan fingerprint density at radius 1 is 0.786 bits per heavy atom. The van der Waals surface area contributed by atoms with Gasteiger partial charge in [0.05, 0.1) is 7.11 Å². The number of carbonyl (C=O) groups excluding carboxylic acids is 1. The summed E-state index contributed by atoms with van der Waals surface area (Å²) in [6, 6.07) is 7.26. The molecule has 0 amide bonds. The normalized spacial score (nSPS) is 11.1. The Morgan fingerprint density at radius 2 is 1.32 bits per heavy atom. The number of benzene rings is 1. The van der Waals surface area contributed by atoms with Gasteiger partial charge in [-0.1, -0.05) is 82.6 Å². The Kier molecular flexibility index (Phi) is 15.0. The Morgan fingerprint density at radius 3 is 1.93 bits per heavy atom. The molecule has 0 aromatic heterocycles. The molecule has 0 radical (unpaired) electrons. The minimum Gasteiger partial charge on any atom is -0.493 e. The van der Waals surface area contributed by atoms with Crippen LogP contribution in [0, 0.1) is 0 Å². The maximum Gasteiger partial charge on any atom is 0.311 e. The van der Waals surface area contributed by atoms with Gasteiger partial charge in [-0.25, -0.2) is 0 Å². The lowest BCUT2D eigenvalue weighted by Gasteiger charge is -2.08. The van der Waals surface area contributed by atoms with Crippen molar-refractivity contribution in [3.05, 3.63) is 36.4 Å². The molecule has 3 nitrogen and oxygen atoms in total. The molecule has 3 heteroatoms. The largest absolute Gasteiger partial charge is 0.493 e. The third-order valence-electron chi connectivity index (χ3n) is 4.94. The molecule has 0 bridgehead atoms. The molecule has 0 aliphatic carbocycles. The molecule has 0 aliphatic rings. The molecule has 0 N–H and O–H groups in total. The Hall–Kier alpha value is -1.77. The highest BCUT2D eigenvalue weighted by molar-refractivity contribution is 5.73. The number of esters is 1. The number of hydrogen-bond donors (Lipinski definition) is 0. The van der Waals surface area contributed by atoms with Crippen molar-refractivity contribution in [1.29, 1.82) is 0 Å². The SMILES string of the molecule is CCCCCCCC/C=C\CCCCCCCC(=O)Oc1ccccc1OC. The molecule has 0 saturated heterocycles. The molecule has 0 spiro atoms. The first-order valence-corrected chi connectivity index (χ1v) is 11.3. The van der Waals surface area contributed by atoms with Crippen molar-refractivity contribution >= 4 is 5.97 Å². The van der Waals surface area contributed by atoms with E-state index < -0.39 is 0 Å². The van der Waals surface area contributed by atoms with Gasteiger partial charge < -0.3 is 9.47 Å². The van der Waals surface area contributed by atoms with Crippen LogP contribution in [0.5, 0.6) is 11.5 Å². The summed E-state index contributed by atoms with van der Waals surface area (Å²) in [6.07, 6.45) is 21.5. The van der Waals surface area contributed by atoms with Crippen LogP contribution in [-0.4, -0.2) is 13.1 Å². The van der Waals surface area contributed by atoms with Gasteiger partial charge in [0.25, 0.3) is 0 Å². The van der Waals surface area contributed by atoms with E-state index in [9.17, 15) is 4.79 Å². The number of rotatable bonds is 17. The first-order valence-electron chi connectivity index (χ1n) is 11.3. The van der Waals surface area contributed by atoms with Crippen molar-refractivity contribution in [3.8, 4) is 11.5 Å². The molecule has 0 saturated carbocycles. The summed E-state index contributed by atoms with van der Waals surface area (Å²) >= 11 is 0. The predicted octanol–water partition coefficient (Wildman–Crippen LogP) is 7.64. The van der Waals surface area contributed by atoms with E-state index in [1.807, 2.05) is 12.1 Å². The minimum atomic E-state index is -0.179. The fraction of sp³-hybridized carbons (Fsp3) is 0.640. The smallest absolute Gasteiger partial charge is 0.311 e. The quantitative estimate of drug-likeness (QED) is 0.119. The van der Waals surface area contributed by atoms with E-state index in [1.54, 1.807) is 19.2 Å². The summed E-state index contributed by atoms with van der Waals surface area (Å²) < 4.78 is 10.6. The highest BCUT2D eigenvalue weighted by atomic mass is 16.6. The summed E-state index contributed by atoms with van der Waals surface area (Å²) in [5.41, 5.74) is 0. The van der Waals surface area contributed by atoms with E-state index in [2.05, 4.69) is 19.1 Å². The third-order valence-corrected chi connectivity index (χ3v) is 4.94. The topological polar surface area (TPSA) is 35.5 Å². The van der Waals surface area contributed by atoms with Gasteiger partial charge >= 0.3 is 5.97 Å². The second-order valence-corrected chi connectivity index (χ2v) is 7.46. The van der Waals surface area contributed by atoms with Crippen molar-refractivity contribution in [3.63, 3.8) is 0 Å². The predicted molar refractivity (Wildman–Crippen MR) is 118 cm³/mol. The van der Waals surface area contributed by atoms with Crippen LogP contribution < -0.4 is 9.47 Å². The molecule has 0 heterocycles. The van der Waals surface area contributed by atoms with E-state index in [4.69, 9.17) is 9.47 Å². The lowest BCUT2D eigenvalue weighted by atomic mass is 10.1. The molecule has 0 unspecified atom stereocenters. The van der Waals surface area contributed by atoms with Gasteiger partial charge in [0.1, 0.15) is 0 Å². The highest BCUT2D eigenvalue weighted by Gasteiger charge is 2.08. The van der Waals surface area contributed by atoms with Crippen molar-refractivity contribution < 1.29 is 14.3 Å². The minimum absolute atomic E-state index is 0.179. The van der Waals surface area contributed by atoms with Gasteiger partial charge in [0.15, 0.2) is 11.5 Å². The highest BCUT2D eigenvalue weighted by Crippen LogP contribution is 2.26. The average molecular weight is 389 g/mol. The van der Waals surface area contributed by atoms with Crippen molar-refractivity contribution in [2.24, 2.45) is 0 Å². The lowest BCUT2D eigenvalue weighted by molar-refractivity contribution is -0.134. The molecular formula is C25H40O3. The van der Waals surface area contributed by atoms with E-state index in [-0.39, 0.29) is 5.97 Å². The van der Waals surface area contributed by atoms with Crippen molar-refractivity contribution in [2.75, 3.05) is 7.11 Å². The molecule has 0 aliphatic heterocycles. The monoisotopic (exact) mass is 388 g/mol. The summed E-state index contributed by atoms with van der Waals surface area (Å²) in [5, 5.41) is 0. The molecule has 1 rings (SSSR count). The van der Waals surface area contributed by atoms with Gasteiger partial charge in [-0.15, -0.1) is 0 Å². The van der Waals surface area contributed by atoms with Crippen LogP contribution in [0.25, 0.3) is 0 Å². The Bertz CT molecular complexity index is 536. The summed E-state index contributed by atoms with van der Waals surface area (Å²) in [7, 11) is 1.58. The number of hydrogen-bond acceptors (Lipinski definition) is 3. The zero-order chi connectivity index (χ0) is 20.3. The van der Waals surface area contributed by atoms with E-state index in [0.717, 1.165) is 12.8 Å². The molecule has 1 aromatic carbocycles. The summed E-state index contributed by atoms with van der Waals surface area (Å²) in [6.45, 7) is 2.26. The zero-order valence-electron chi connectivity index (χ0n) is 18.1. The molecule has 158 valence electrons. The number of ether oxygens (including phenoxy) is 2. The number of methoxy groups -OCH3 is 1. The van der Waals surface area contributed by atoms with Crippen LogP contribution in [0.3, 0.4) is 0 Å². The van der Waals surface area contributed by atoms with Gasteiger partial charge in [-0.05, 0) is 44.2 Å². The van der Waals surface area contributed by atoms with Crippen LogP contribution in [0.2, 0.25) is 0 Å². The molecule has 0 fully saturated rings. The van der Waals surface area contributed by atoms with Crippen LogP contribution in [0.4, 0.5) is 0 Å². The summed E-state index contributed by atoms with van der Waals surface area (Å²) in [5.74, 6) is 0.922. The third kappa shape index (κ3) is 12.6. The van der Waals surface area contributed by atoms with Crippen LogP contribution >= 0.6 is 0 Å². The number of carbonyl (C=O) groups is 1. The Balaban J connectivity index is 1.92. The van der Waals surface area contributed by atoms with E-state index >= 15 is 0 Å². The van der Waals surface area contributed by atoms with Gasteiger partial charge in [0, 0.05) is 6.42 Å². The van der Waals surface area contributed by atoms with Gasteiger partial charge in [0.2, 0.25) is 0 Å². The molecule has 28 heavy (non-hydrogen) atoms. The number of para-hydroxylation sites is 2. The van der Waals surface area contributed by atoms with Crippen LogP contribution in [0.15, 0.2) is 36.4 Å². The van der Waals surface area contributed by atoms with Gasteiger partial charge in [-0.2, -0.15) is 0 Å². The van der Waals surface area contributed by atoms with Crippen LogP contribution in [-0.2, 0) is 4.79 Å². The molecule has 1 aromatic rings. The standard InChI is InChI=1S/C25H40O3/c1-3-4-5-6-7-8-9-10-11-12-13-14-15-16-17-22-25(26)28-24-21-19-18-20-23(24)27-2/h10-11,18-21H,3-9,12-17,22H2,1-2H3/b11-10-. The van der Waals surface area contributed by atoms with Gasteiger partial charge in [-0.3, -0.25) is 4.79 Å². The van der Waals surface area contributed by atoms with E-state index in [0.29, 0.717) is 17.9 Å². The first kappa shape index (κ1) is 24.3. The van der Waals surface area contributed by atoms with E-state index in [1.165, 1.54) is 70.6 Å². The maximum atomic E-state index is 11.9. The second kappa shape index (κ2) is 17.3. The fourth-order valence-electron chi connectivity index (χ4n) is 3.22. The van der Waals surface area contributed by atoms with Crippen molar-refractivity contribution in [2.45, 2.75) is 96.8 Å². The molecular weight excluding hydrogens is 348 g/mol. The second-order valence-electron chi connectivity index (χ2n) is 7.46.